The zero-order valence-corrected chi connectivity index (χ0v) is 17.6. The second-order valence-corrected chi connectivity index (χ2v) is 8.35. The Morgan fingerprint density at radius 3 is 2.68 bits per heavy atom. The van der Waals surface area contributed by atoms with E-state index in [1.807, 2.05) is 6.92 Å². The zero-order chi connectivity index (χ0) is 22.2. The van der Waals surface area contributed by atoms with Crippen LogP contribution < -0.4 is 5.32 Å². The predicted octanol–water partition coefficient (Wildman–Crippen LogP) is 3.52. The van der Waals surface area contributed by atoms with Gasteiger partial charge in [-0.2, -0.15) is 0 Å². The molecule has 2 atom stereocenters. The number of nitrogens with one attached hydrogen (secondary N) is 1. The normalized spacial score (nSPS) is 21.2. The Hall–Kier alpha value is -3.03. The minimum absolute atomic E-state index is 0.0114. The molecule has 160 valence electrons. The number of carbonyl (C=O) groups excluding carboxylic acids is 2. The summed E-state index contributed by atoms with van der Waals surface area (Å²) in [6.07, 6.45) is 1.09. The van der Waals surface area contributed by atoms with Gasteiger partial charge in [0, 0.05) is 40.8 Å². The number of rotatable bonds is 2. The average Bonchev–Trinajstić information content (AvgIpc) is 2.76. The van der Waals surface area contributed by atoms with Crippen molar-refractivity contribution in [1.29, 1.82) is 0 Å². The lowest BCUT2D eigenvalue weighted by Gasteiger charge is -2.43. The van der Waals surface area contributed by atoms with Crippen LogP contribution in [0.5, 0.6) is 0 Å². The molecule has 0 unspecified atom stereocenters. The number of β-amino-alcohol motifs (C(OH)–C–C–N with tert-alkyl or cyclic N) is 1. The summed E-state index contributed by atoms with van der Waals surface area (Å²) in [5.41, 5.74) is 1.13. The summed E-state index contributed by atoms with van der Waals surface area (Å²) in [6.45, 7) is 2.15. The molecule has 31 heavy (non-hydrogen) atoms. The van der Waals surface area contributed by atoms with Gasteiger partial charge in [0.25, 0.3) is 0 Å². The van der Waals surface area contributed by atoms with E-state index in [0.29, 0.717) is 28.0 Å². The van der Waals surface area contributed by atoms with Crippen LogP contribution in [0.2, 0.25) is 5.02 Å². The molecule has 8 heteroatoms. The van der Waals surface area contributed by atoms with Gasteiger partial charge in [-0.3, -0.25) is 14.6 Å². The lowest BCUT2D eigenvalue weighted by molar-refractivity contribution is -0.146. The molecule has 2 heterocycles. The highest BCUT2D eigenvalue weighted by molar-refractivity contribution is 6.39. The van der Waals surface area contributed by atoms with Gasteiger partial charge in [0.1, 0.15) is 5.82 Å². The van der Waals surface area contributed by atoms with Crippen LogP contribution in [0.3, 0.4) is 0 Å². The van der Waals surface area contributed by atoms with Crippen molar-refractivity contribution in [2.75, 3.05) is 18.4 Å². The lowest BCUT2D eigenvalue weighted by atomic mass is 9.71. The van der Waals surface area contributed by atoms with Crippen molar-refractivity contribution < 1.29 is 19.1 Å². The van der Waals surface area contributed by atoms with E-state index in [2.05, 4.69) is 10.3 Å². The molecule has 1 aliphatic rings. The second kappa shape index (κ2) is 8.24. The Morgan fingerprint density at radius 2 is 1.97 bits per heavy atom. The van der Waals surface area contributed by atoms with Crippen LogP contribution in [0.1, 0.15) is 18.9 Å². The van der Waals surface area contributed by atoms with E-state index in [-0.39, 0.29) is 18.9 Å². The number of nitrogens with zero attached hydrogens (tertiary/aromatic N) is 2. The molecule has 1 saturated heterocycles. The maximum Gasteiger partial charge on any atom is 0.313 e. The predicted molar refractivity (Wildman–Crippen MR) is 116 cm³/mol. The van der Waals surface area contributed by atoms with Gasteiger partial charge < -0.3 is 15.3 Å². The SMILES string of the molecule is C[C@@]1(c2ccnc3ccc(F)cc23)CCN(C(=O)C(=O)Nc2ccc(Cl)cc2)C[C@@H]1O. The molecule has 0 aliphatic carbocycles. The summed E-state index contributed by atoms with van der Waals surface area (Å²) >= 11 is 5.83. The van der Waals surface area contributed by atoms with Crippen molar-refractivity contribution in [3.05, 3.63) is 71.1 Å². The monoisotopic (exact) mass is 441 g/mol. The number of benzene rings is 2. The van der Waals surface area contributed by atoms with Crippen molar-refractivity contribution in [2.24, 2.45) is 0 Å². The molecule has 0 radical (unpaired) electrons. The number of aromatic nitrogens is 1. The van der Waals surface area contributed by atoms with Crippen LogP contribution >= 0.6 is 11.6 Å². The second-order valence-electron chi connectivity index (χ2n) is 7.92. The van der Waals surface area contributed by atoms with Gasteiger partial charge in [-0.1, -0.05) is 18.5 Å². The summed E-state index contributed by atoms with van der Waals surface area (Å²) in [5.74, 6) is -1.89. The van der Waals surface area contributed by atoms with Crippen LogP contribution in [0.15, 0.2) is 54.7 Å². The number of hydrogen-bond donors (Lipinski definition) is 2. The number of hydrogen-bond acceptors (Lipinski definition) is 4. The van der Waals surface area contributed by atoms with E-state index in [1.54, 1.807) is 42.6 Å². The first kappa shape index (κ1) is 21.2. The fourth-order valence-corrected chi connectivity index (χ4v) is 4.14. The zero-order valence-electron chi connectivity index (χ0n) is 16.8. The first-order valence-electron chi connectivity index (χ1n) is 9.86. The highest BCUT2D eigenvalue weighted by atomic mass is 35.5. The summed E-state index contributed by atoms with van der Waals surface area (Å²) in [6, 6.07) is 12.6. The Morgan fingerprint density at radius 1 is 1.23 bits per heavy atom. The highest BCUT2D eigenvalue weighted by Crippen LogP contribution is 2.38. The third kappa shape index (κ3) is 4.11. The number of halogens is 2. The third-order valence-electron chi connectivity index (χ3n) is 5.93. The Labute approximate surface area is 183 Å². The molecule has 1 fully saturated rings. The fraction of sp³-hybridized carbons (Fsp3) is 0.261. The molecular weight excluding hydrogens is 421 g/mol. The van der Waals surface area contributed by atoms with E-state index in [1.165, 1.54) is 17.0 Å². The average molecular weight is 442 g/mol. The number of anilines is 1. The van der Waals surface area contributed by atoms with Crippen LogP contribution in [-0.4, -0.2) is 46.0 Å². The summed E-state index contributed by atoms with van der Waals surface area (Å²) in [5, 5.41) is 14.7. The van der Waals surface area contributed by atoms with Crippen molar-refractivity contribution >= 4 is 40.0 Å². The van der Waals surface area contributed by atoms with Crippen molar-refractivity contribution in [3.8, 4) is 0 Å². The maximum absolute atomic E-state index is 13.9. The van der Waals surface area contributed by atoms with Gasteiger partial charge in [-0.05, 0) is 60.5 Å². The molecule has 1 aliphatic heterocycles. The van der Waals surface area contributed by atoms with Crippen molar-refractivity contribution in [2.45, 2.75) is 24.9 Å². The molecule has 1 aromatic heterocycles. The molecule has 4 rings (SSSR count). The van der Waals surface area contributed by atoms with Gasteiger partial charge >= 0.3 is 11.8 Å². The Kier molecular flexibility index (Phi) is 5.64. The number of amides is 2. The molecule has 0 spiro atoms. The summed E-state index contributed by atoms with van der Waals surface area (Å²) < 4.78 is 13.9. The minimum atomic E-state index is -0.942. The van der Waals surface area contributed by atoms with Crippen LogP contribution in [0.25, 0.3) is 10.9 Å². The number of likely N-dealkylation sites (tertiary alicyclic amines) is 1. The number of fused-ring (bicyclic) bond motifs is 1. The first-order chi connectivity index (χ1) is 14.8. The van der Waals surface area contributed by atoms with Gasteiger partial charge in [0.15, 0.2) is 0 Å². The molecule has 0 bridgehead atoms. The molecule has 6 nitrogen and oxygen atoms in total. The molecular formula is C23H21ClFN3O3. The Bertz CT molecular complexity index is 1150. The van der Waals surface area contributed by atoms with E-state index < -0.39 is 23.3 Å². The molecule has 2 aromatic carbocycles. The van der Waals surface area contributed by atoms with E-state index in [4.69, 9.17) is 11.6 Å². The summed E-state index contributed by atoms with van der Waals surface area (Å²) in [4.78, 5) is 30.6. The van der Waals surface area contributed by atoms with Crippen molar-refractivity contribution in [1.82, 2.24) is 9.88 Å². The van der Waals surface area contributed by atoms with Gasteiger partial charge in [0.2, 0.25) is 0 Å². The number of carbonyl (C=O) groups is 2. The standard InChI is InChI=1S/C23H21ClFN3O3/c1-23(18-8-10-26-19-7-4-15(25)12-17(18)19)9-11-28(13-20(23)29)22(31)21(30)27-16-5-2-14(24)3-6-16/h2-8,10,12,20,29H,9,11,13H2,1H3,(H,27,30)/t20-,23-/m0/s1. The van der Waals surface area contributed by atoms with Gasteiger partial charge in [-0.15, -0.1) is 0 Å². The van der Waals surface area contributed by atoms with E-state index >= 15 is 0 Å². The summed E-state index contributed by atoms with van der Waals surface area (Å²) in [7, 11) is 0. The quantitative estimate of drug-likeness (QED) is 0.596. The third-order valence-corrected chi connectivity index (χ3v) is 6.18. The van der Waals surface area contributed by atoms with Crippen molar-refractivity contribution in [3.63, 3.8) is 0 Å². The lowest BCUT2D eigenvalue weighted by Crippen LogP contribution is -2.55. The van der Waals surface area contributed by atoms with Crippen LogP contribution in [-0.2, 0) is 15.0 Å². The van der Waals surface area contributed by atoms with E-state index in [9.17, 15) is 19.1 Å². The minimum Gasteiger partial charge on any atom is -0.390 e. The first-order valence-corrected chi connectivity index (χ1v) is 10.2. The largest absolute Gasteiger partial charge is 0.390 e. The highest BCUT2D eigenvalue weighted by Gasteiger charge is 2.42. The fourth-order valence-electron chi connectivity index (χ4n) is 4.01. The Balaban J connectivity index is 1.52. The number of pyridine rings is 1. The van der Waals surface area contributed by atoms with Gasteiger partial charge in [0.05, 0.1) is 11.6 Å². The number of aliphatic hydroxyl groups is 1. The molecule has 3 aromatic rings. The van der Waals surface area contributed by atoms with Crippen LogP contribution in [0.4, 0.5) is 10.1 Å². The molecule has 2 N–H and O–H groups in total. The maximum atomic E-state index is 13.9. The number of aliphatic hydroxyl groups excluding tert-OH is 1. The number of piperidine rings is 1. The molecule has 0 saturated carbocycles. The van der Waals surface area contributed by atoms with Crippen LogP contribution in [0, 0.1) is 5.82 Å². The van der Waals surface area contributed by atoms with E-state index in [0.717, 1.165) is 5.56 Å². The molecule has 2 amide bonds. The smallest absolute Gasteiger partial charge is 0.313 e. The van der Waals surface area contributed by atoms with Gasteiger partial charge in [-0.25, -0.2) is 4.39 Å². The topological polar surface area (TPSA) is 82.5 Å².